The summed E-state index contributed by atoms with van der Waals surface area (Å²) in [6, 6.07) is 5.91. The molecule has 0 unspecified atom stereocenters. The zero-order valence-electron chi connectivity index (χ0n) is 15.7. The molecule has 1 heterocycles. The fourth-order valence-electron chi connectivity index (χ4n) is 3.97. The average Bonchev–Trinajstić information content (AvgIpc) is 2.89. The Morgan fingerprint density at radius 2 is 2.00 bits per heavy atom. The minimum atomic E-state index is -4.18. The van der Waals surface area contributed by atoms with Crippen molar-refractivity contribution in [1.82, 2.24) is 9.78 Å². The van der Waals surface area contributed by atoms with Gasteiger partial charge in [-0.3, -0.25) is 9.48 Å². The number of amides is 1. The Kier molecular flexibility index (Phi) is 4.66. The summed E-state index contributed by atoms with van der Waals surface area (Å²) in [6.07, 6.45) is 1.02. The van der Waals surface area contributed by atoms with E-state index in [0.29, 0.717) is 17.1 Å². The maximum absolute atomic E-state index is 13.7. The van der Waals surface area contributed by atoms with E-state index in [1.165, 1.54) is 16.8 Å². The van der Waals surface area contributed by atoms with E-state index in [1.807, 2.05) is 0 Å². The van der Waals surface area contributed by atoms with Gasteiger partial charge in [-0.1, -0.05) is 18.6 Å². The van der Waals surface area contributed by atoms with Crippen molar-refractivity contribution >= 4 is 11.7 Å². The molecule has 1 aromatic carbocycles. The molecule has 4 nitrogen and oxygen atoms in total. The Morgan fingerprint density at radius 3 is 2.55 bits per heavy atom. The number of aromatic nitrogens is 2. The van der Waals surface area contributed by atoms with Crippen LogP contribution in [0.1, 0.15) is 43.6 Å². The Labute approximate surface area is 164 Å². The lowest BCUT2D eigenvalue weighted by atomic mass is 9.74. The average molecular weight is 413 g/mol. The number of nitrogens with one attached hydrogen (secondary N) is 1. The molecule has 2 aliphatic rings. The van der Waals surface area contributed by atoms with Gasteiger partial charge in [0.05, 0.1) is 5.69 Å². The molecule has 0 spiro atoms. The number of hydrogen-bond acceptors (Lipinski definition) is 2. The Hall–Kier alpha value is -2.45. The van der Waals surface area contributed by atoms with Gasteiger partial charge in [0.25, 0.3) is 0 Å². The molecule has 0 saturated heterocycles. The number of hydrogen-bond donors (Lipinski definition) is 1. The molecule has 9 heteroatoms. The highest BCUT2D eigenvalue weighted by atomic mass is 19.3. The molecule has 0 aliphatic heterocycles. The van der Waals surface area contributed by atoms with E-state index in [1.54, 1.807) is 19.2 Å². The highest BCUT2D eigenvalue weighted by Crippen LogP contribution is 2.56. The van der Waals surface area contributed by atoms with Crippen molar-refractivity contribution in [3.63, 3.8) is 0 Å². The van der Waals surface area contributed by atoms with Gasteiger partial charge in [0.2, 0.25) is 5.91 Å². The van der Waals surface area contributed by atoms with E-state index in [-0.39, 0.29) is 5.92 Å². The molecule has 1 N–H and O–H groups in total. The monoisotopic (exact) mass is 413 g/mol. The van der Waals surface area contributed by atoms with Gasteiger partial charge >= 0.3 is 11.8 Å². The normalized spacial score (nSPS) is 22.6. The number of carbonyl (C=O) groups excluding carboxylic acids is 1. The van der Waals surface area contributed by atoms with Crippen molar-refractivity contribution in [3.05, 3.63) is 35.6 Å². The van der Waals surface area contributed by atoms with E-state index in [4.69, 9.17) is 0 Å². The number of aryl methyl sites for hydroxylation is 1. The maximum atomic E-state index is 13.7. The SMILES string of the molecule is Cn1nc(-c2cccc(F)c2)c(C2CCC2)c1NC(=O)C[C@@H]1CC(F)(F)C1(F)F. The molecule has 156 valence electrons. The topological polar surface area (TPSA) is 46.9 Å². The summed E-state index contributed by atoms with van der Waals surface area (Å²) in [7, 11) is 1.59. The summed E-state index contributed by atoms with van der Waals surface area (Å²) in [5, 5.41) is 7.00. The fraction of sp³-hybridized carbons (Fsp3) is 0.500. The van der Waals surface area contributed by atoms with Crippen LogP contribution < -0.4 is 5.32 Å². The van der Waals surface area contributed by atoms with Crippen LogP contribution >= 0.6 is 0 Å². The van der Waals surface area contributed by atoms with Crippen LogP contribution in [0.2, 0.25) is 0 Å². The van der Waals surface area contributed by atoms with E-state index < -0.39 is 42.3 Å². The molecule has 1 aromatic heterocycles. The summed E-state index contributed by atoms with van der Waals surface area (Å²) in [5.41, 5.74) is 1.80. The fourth-order valence-corrected chi connectivity index (χ4v) is 3.97. The first-order valence-electron chi connectivity index (χ1n) is 9.48. The number of alkyl halides is 4. The third-order valence-corrected chi connectivity index (χ3v) is 5.89. The number of nitrogens with zero attached hydrogens (tertiary/aromatic N) is 2. The van der Waals surface area contributed by atoms with Gasteiger partial charge in [0.15, 0.2) is 0 Å². The molecule has 1 amide bonds. The molecule has 29 heavy (non-hydrogen) atoms. The second kappa shape index (κ2) is 6.81. The van der Waals surface area contributed by atoms with Crippen molar-refractivity contribution in [3.8, 4) is 11.3 Å². The highest BCUT2D eigenvalue weighted by molar-refractivity contribution is 5.92. The number of carbonyl (C=O) groups is 1. The maximum Gasteiger partial charge on any atom is 0.313 e. The molecular formula is C20H20F5N3O. The first-order valence-corrected chi connectivity index (χ1v) is 9.48. The largest absolute Gasteiger partial charge is 0.313 e. The Morgan fingerprint density at radius 1 is 1.28 bits per heavy atom. The zero-order chi connectivity index (χ0) is 21.0. The molecular weight excluding hydrogens is 393 g/mol. The van der Waals surface area contributed by atoms with Crippen molar-refractivity contribution in [2.24, 2.45) is 13.0 Å². The van der Waals surface area contributed by atoms with Crippen LogP contribution in [0.4, 0.5) is 27.8 Å². The van der Waals surface area contributed by atoms with Crippen LogP contribution in [0.15, 0.2) is 24.3 Å². The van der Waals surface area contributed by atoms with Gasteiger partial charge in [-0.15, -0.1) is 0 Å². The summed E-state index contributed by atoms with van der Waals surface area (Å²) in [6.45, 7) is 0. The summed E-state index contributed by atoms with van der Waals surface area (Å²) >= 11 is 0. The van der Waals surface area contributed by atoms with Gasteiger partial charge < -0.3 is 5.32 Å². The minimum Gasteiger partial charge on any atom is -0.311 e. The lowest BCUT2D eigenvalue weighted by Crippen LogP contribution is -2.59. The van der Waals surface area contributed by atoms with Crippen molar-refractivity contribution in [2.75, 3.05) is 5.32 Å². The summed E-state index contributed by atoms with van der Waals surface area (Å²) < 4.78 is 68.2. The van der Waals surface area contributed by atoms with Crippen LogP contribution in [0, 0.1) is 11.7 Å². The molecule has 0 bridgehead atoms. The molecule has 4 rings (SSSR count). The Balaban J connectivity index is 1.60. The quantitative estimate of drug-likeness (QED) is 0.693. The van der Waals surface area contributed by atoms with E-state index >= 15 is 0 Å². The van der Waals surface area contributed by atoms with Gasteiger partial charge in [0, 0.05) is 36.9 Å². The summed E-state index contributed by atoms with van der Waals surface area (Å²) in [4.78, 5) is 12.4. The van der Waals surface area contributed by atoms with E-state index in [0.717, 1.165) is 24.8 Å². The van der Waals surface area contributed by atoms with Crippen LogP contribution in [-0.4, -0.2) is 27.5 Å². The third-order valence-electron chi connectivity index (χ3n) is 5.89. The number of benzene rings is 1. The molecule has 2 aliphatic carbocycles. The van der Waals surface area contributed by atoms with Crippen LogP contribution in [-0.2, 0) is 11.8 Å². The lowest BCUT2D eigenvalue weighted by molar-refractivity contribution is -0.313. The first-order chi connectivity index (χ1) is 13.6. The predicted octanol–water partition coefficient (Wildman–Crippen LogP) is 5.11. The molecule has 0 radical (unpaired) electrons. The smallest absolute Gasteiger partial charge is 0.311 e. The van der Waals surface area contributed by atoms with E-state index in [2.05, 4.69) is 10.4 Å². The summed E-state index contributed by atoms with van der Waals surface area (Å²) in [5.74, 6) is -10.7. The van der Waals surface area contributed by atoms with Gasteiger partial charge in [-0.25, -0.2) is 4.39 Å². The van der Waals surface area contributed by atoms with Crippen LogP contribution in [0.3, 0.4) is 0 Å². The predicted molar refractivity (Wildman–Crippen MR) is 96.4 cm³/mol. The van der Waals surface area contributed by atoms with Crippen LogP contribution in [0.25, 0.3) is 11.3 Å². The number of halogens is 5. The highest BCUT2D eigenvalue weighted by Gasteiger charge is 2.71. The zero-order valence-corrected chi connectivity index (χ0v) is 15.7. The molecule has 2 aromatic rings. The molecule has 2 saturated carbocycles. The number of rotatable bonds is 5. The lowest BCUT2D eigenvalue weighted by Gasteiger charge is -2.43. The molecule has 1 atom stereocenters. The van der Waals surface area contributed by atoms with Gasteiger partial charge in [0.1, 0.15) is 11.6 Å². The Bertz CT molecular complexity index is 952. The second-order valence-corrected chi connectivity index (χ2v) is 7.85. The second-order valence-electron chi connectivity index (χ2n) is 7.85. The van der Waals surface area contributed by atoms with Crippen molar-refractivity contribution < 1.29 is 26.7 Å². The standard InChI is InChI=1S/C20H20F5N3O/c1-28-18(26-15(29)9-13-10-19(22,23)20(13,24)25)16(11-4-2-5-11)17(27-28)12-6-3-7-14(21)8-12/h3,6-8,11,13H,2,4-5,9-10H2,1H3,(H,26,29)/t13-/m1/s1. The van der Waals surface area contributed by atoms with Gasteiger partial charge in [-0.2, -0.15) is 22.7 Å². The van der Waals surface area contributed by atoms with Crippen molar-refractivity contribution in [1.29, 1.82) is 0 Å². The third kappa shape index (κ3) is 3.30. The number of anilines is 1. The first kappa shape index (κ1) is 19.8. The minimum absolute atomic E-state index is 0.103. The molecule has 2 fully saturated rings. The van der Waals surface area contributed by atoms with E-state index in [9.17, 15) is 26.7 Å². The van der Waals surface area contributed by atoms with Gasteiger partial charge in [-0.05, 0) is 30.9 Å². The van der Waals surface area contributed by atoms with Crippen molar-refractivity contribution in [2.45, 2.75) is 49.9 Å². The van der Waals surface area contributed by atoms with Crippen LogP contribution in [0.5, 0.6) is 0 Å².